The van der Waals surface area contributed by atoms with Gasteiger partial charge in [0, 0.05) is 11.8 Å². The van der Waals surface area contributed by atoms with Gasteiger partial charge in [0.25, 0.3) is 0 Å². The lowest BCUT2D eigenvalue weighted by Gasteiger charge is -2.47. The van der Waals surface area contributed by atoms with E-state index in [9.17, 15) is 21.6 Å². The minimum absolute atomic E-state index is 0.0207. The third kappa shape index (κ3) is 4.30. The van der Waals surface area contributed by atoms with E-state index in [0.717, 1.165) is 25.7 Å². The van der Waals surface area contributed by atoms with Crippen LogP contribution in [0.4, 0.5) is 13.2 Å². The van der Waals surface area contributed by atoms with Crippen molar-refractivity contribution in [1.29, 1.82) is 0 Å². The molecular weight excluding hydrogens is 385 g/mol. The quantitative estimate of drug-likeness (QED) is 0.347. The molecule has 0 N–H and O–H groups in total. The van der Waals surface area contributed by atoms with E-state index in [0.29, 0.717) is 6.42 Å². The lowest BCUT2D eigenvalue weighted by atomic mass is 9.73. The summed E-state index contributed by atoms with van der Waals surface area (Å²) in [5.74, 6) is -0.0979. The largest absolute Gasteiger partial charge is 0.534 e. The Kier molecular flexibility index (Phi) is 5.70. The van der Waals surface area contributed by atoms with Crippen molar-refractivity contribution < 1.29 is 30.2 Å². The first kappa shape index (κ1) is 21.8. The molecule has 4 nitrogen and oxygen atoms in total. The van der Waals surface area contributed by atoms with Gasteiger partial charge >= 0.3 is 15.6 Å². The molecule has 152 valence electrons. The Hall–Kier alpha value is -0.543. The standard InChI is InChI=1S/C17H29F3O4SSi/c1-15(2,3)26(4,5)24-14-9-8-13(12-16(14)10-6-7-11-16)23-25(21,22)17(18,19)20/h8,14H,6-7,9-12H2,1-5H3. The number of alkyl halides is 3. The van der Waals surface area contributed by atoms with Gasteiger partial charge in [-0.2, -0.15) is 21.6 Å². The summed E-state index contributed by atoms with van der Waals surface area (Å²) in [5, 5.41) is 0.0207. The van der Waals surface area contributed by atoms with Gasteiger partial charge in [-0.1, -0.05) is 33.6 Å². The molecule has 0 aliphatic heterocycles. The van der Waals surface area contributed by atoms with Crippen LogP contribution in [-0.2, 0) is 18.7 Å². The van der Waals surface area contributed by atoms with Crippen molar-refractivity contribution in [2.75, 3.05) is 0 Å². The molecule has 1 spiro atoms. The molecule has 1 unspecified atom stereocenters. The Morgan fingerprint density at radius 2 is 1.69 bits per heavy atom. The van der Waals surface area contributed by atoms with Crippen LogP contribution in [0.2, 0.25) is 18.1 Å². The molecule has 0 bridgehead atoms. The average molecular weight is 415 g/mol. The maximum absolute atomic E-state index is 12.6. The van der Waals surface area contributed by atoms with E-state index >= 15 is 0 Å². The van der Waals surface area contributed by atoms with Gasteiger partial charge in [-0.25, -0.2) is 0 Å². The fraction of sp³-hybridized carbons (Fsp3) is 0.882. The third-order valence-electron chi connectivity index (χ3n) is 6.11. The van der Waals surface area contributed by atoms with Crippen molar-refractivity contribution in [3.05, 3.63) is 11.8 Å². The van der Waals surface area contributed by atoms with Gasteiger partial charge in [-0.3, -0.25) is 0 Å². The predicted octanol–water partition coefficient (Wildman–Crippen LogP) is 5.48. The summed E-state index contributed by atoms with van der Waals surface area (Å²) in [5.41, 5.74) is -5.74. The van der Waals surface area contributed by atoms with Crippen molar-refractivity contribution in [3.8, 4) is 0 Å². The fourth-order valence-corrected chi connectivity index (χ4v) is 5.47. The van der Waals surface area contributed by atoms with Crippen LogP contribution >= 0.6 is 0 Å². The van der Waals surface area contributed by atoms with Crippen molar-refractivity contribution in [1.82, 2.24) is 0 Å². The van der Waals surface area contributed by atoms with Crippen molar-refractivity contribution in [2.24, 2.45) is 5.41 Å². The van der Waals surface area contributed by atoms with E-state index in [1.165, 1.54) is 6.08 Å². The minimum atomic E-state index is -5.62. The van der Waals surface area contributed by atoms with Crippen LogP contribution in [0.15, 0.2) is 11.8 Å². The highest BCUT2D eigenvalue weighted by Gasteiger charge is 2.52. The molecule has 2 aliphatic rings. The number of hydrogen-bond donors (Lipinski definition) is 0. The van der Waals surface area contributed by atoms with E-state index in [1.807, 2.05) is 0 Å². The summed E-state index contributed by atoms with van der Waals surface area (Å²) < 4.78 is 71.6. The van der Waals surface area contributed by atoms with Crippen molar-refractivity contribution in [3.63, 3.8) is 0 Å². The number of allylic oxidation sites excluding steroid dienone is 1. The molecule has 0 saturated heterocycles. The Morgan fingerprint density at radius 3 is 2.15 bits per heavy atom. The molecule has 0 amide bonds. The summed E-state index contributed by atoms with van der Waals surface area (Å²) >= 11 is 0. The second kappa shape index (κ2) is 6.81. The molecule has 2 rings (SSSR count). The topological polar surface area (TPSA) is 52.6 Å². The highest BCUT2D eigenvalue weighted by Crippen LogP contribution is 2.53. The second-order valence-corrected chi connectivity index (χ2v) is 15.3. The molecule has 0 heterocycles. The van der Waals surface area contributed by atoms with Crippen LogP contribution in [0.5, 0.6) is 0 Å². The monoisotopic (exact) mass is 414 g/mol. The lowest BCUT2D eigenvalue weighted by molar-refractivity contribution is -0.0535. The minimum Gasteiger partial charge on any atom is -0.413 e. The Balaban J connectivity index is 2.25. The first-order valence-corrected chi connectivity index (χ1v) is 13.3. The second-order valence-electron chi connectivity index (χ2n) is 9.00. The van der Waals surface area contributed by atoms with Gasteiger partial charge in [-0.05, 0) is 43.5 Å². The normalized spacial score (nSPS) is 24.6. The van der Waals surface area contributed by atoms with Crippen molar-refractivity contribution in [2.45, 2.75) is 89.0 Å². The molecule has 0 aromatic rings. The van der Waals surface area contributed by atoms with Gasteiger partial charge in [0.05, 0.1) is 6.10 Å². The Bertz CT molecular complexity index is 656. The number of rotatable bonds is 4. The molecule has 0 radical (unpaired) electrons. The number of halogens is 3. The molecule has 1 saturated carbocycles. The van der Waals surface area contributed by atoms with Crippen LogP contribution in [0, 0.1) is 5.41 Å². The predicted molar refractivity (Wildman–Crippen MR) is 96.3 cm³/mol. The Morgan fingerprint density at radius 1 is 1.15 bits per heavy atom. The van der Waals surface area contributed by atoms with E-state index in [2.05, 4.69) is 38.0 Å². The lowest BCUT2D eigenvalue weighted by Crippen LogP contribution is -2.49. The molecule has 9 heteroatoms. The van der Waals surface area contributed by atoms with Crippen LogP contribution in [0.25, 0.3) is 0 Å². The first-order chi connectivity index (χ1) is 11.6. The number of hydrogen-bond acceptors (Lipinski definition) is 4. The van der Waals surface area contributed by atoms with Gasteiger partial charge in [0.1, 0.15) is 5.76 Å². The summed E-state index contributed by atoms with van der Waals surface area (Å²) in [6.07, 6.45) is 5.50. The van der Waals surface area contributed by atoms with Crippen LogP contribution in [0.1, 0.15) is 59.3 Å². The van der Waals surface area contributed by atoms with E-state index in [1.54, 1.807) is 0 Å². The summed E-state index contributed by atoms with van der Waals surface area (Å²) in [6, 6.07) is 0. The summed E-state index contributed by atoms with van der Waals surface area (Å²) in [4.78, 5) is 0. The SMILES string of the molecule is CC(C)(C)[Si](C)(C)OC1CC=C(OS(=O)(=O)C(F)(F)F)CC12CCCC2. The van der Waals surface area contributed by atoms with Gasteiger partial charge in [0.15, 0.2) is 8.32 Å². The van der Waals surface area contributed by atoms with E-state index in [4.69, 9.17) is 4.43 Å². The van der Waals surface area contributed by atoms with E-state index < -0.39 is 23.9 Å². The third-order valence-corrected chi connectivity index (χ3v) is 11.6. The maximum atomic E-state index is 12.6. The molecular formula is C17H29F3O4SSi. The van der Waals surface area contributed by atoms with Crippen LogP contribution in [0.3, 0.4) is 0 Å². The molecule has 0 aromatic carbocycles. The van der Waals surface area contributed by atoms with E-state index in [-0.39, 0.29) is 28.7 Å². The zero-order chi connectivity index (χ0) is 20.0. The smallest absolute Gasteiger partial charge is 0.413 e. The zero-order valence-electron chi connectivity index (χ0n) is 16.1. The fourth-order valence-electron chi connectivity index (χ4n) is 3.56. The Labute approximate surface area is 155 Å². The van der Waals surface area contributed by atoms with Gasteiger partial charge in [0.2, 0.25) is 0 Å². The zero-order valence-corrected chi connectivity index (χ0v) is 17.9. The van der Waals surface area contributed by atoms with Gasteiger partial charge in [-0.15, -0.1) is 0 Å². The first-order valence-electron chi connectivity index (χ1n) is 8.97. The summed E-state index contributed by atoms with van der Waals surface area (Å²) in [7, 11) is -7.67. The van der Waals surface area contributed by atoms with Gasteiger partial charge < -0.3 is 8.61 Å². The molecule has 1 atom stereocenters. The van der Waals surface area contributed by atoms with Crippen molar-refractivity contribution >= 4 is 18.4 Å². The highest BCUT2D eigenvalue weighted by atomic mass is 32.2. The highest BCUT2D eigenvalue weighted by molar-refractivity contribution is 7.87. The summed E-state index contributed by atoms with van der Waals surface area (Å²) in [6.45, 7) is 10.7. The molecule has 26 heavy (non-hydrogen) atoms. The van der Waals surface area contributed by atoms with Crippen LogP contribution in [-0.4, -0.2) is 28.3 Å². The molecule has 1 fully saturated rings. The maximum Gasteiger partial charge on any atom is 0.534 e. The molecule has 2 aliphatic carbocycles. The van der Waals surface area contributed by atoms with Crippen LogP contribution < -0.4 is 0 Å². The molecule has 0 aromatic heterocycles. The average Bonchev–Trinajstić information content (AvgIpc) is 2.88.